The lowest BCUT2D eigenvalue weighted by molar-refractivity contribution is 0.595. The molecule has 0 radical (unpaired) electrons. The zero-order chi connectivity index (χ0) is 12.3. The molecule has 1 unspecified atom stereocenters. The van der Waals surface area contributed by atoms with Crippen LogP contribution in [0.3, 0.4) is 0 Å². The van der Waals surface area contributed by atoms with E-state index in [2.05, 4.69) is 0 Å². The maximum Gasteiger partial charge on any atom is 0.337 e. The molecule has 0 bridgehead atoms. The Balaban J connectivity index is 2.52. The molecule has 1 atom stereocenters. The number of hydrogen-bond donors (Lipinski definition) is 0. The monoisotopic (exact) mass is 283 g/mol. The molecular formula is C13H10Cl2OP+. The Morgan fingerprint density at radius 3 is 1.59 bits per heavy atom. The lowest BCUT2D eigenvalue weighted by Gasteiger charge is -2.08. The smallest absolute Gasteiger partial charge is 0.0838 e. The van der Waals surface area contributed by atoms with E-state index < -0.39 is 8.46 Å². The predicted molar refractivity (Wildman–Crippen MR) is 73.7 cm³/mol. The molecule has 0 saturated heterocycles. The van der Waals surface area contributed by atoms with Gasteiger partial charge in [-0.3, -0.25) is 0 Å². The Bertz CT molecular complexity index is 497. The molecule has 0 fully saturated rings. The van der Waals surface area contributed by atoms with Gasteiger partial charge in [0.05, 0.1) is 0 Å². The molecule has 0 aromatic heterocycles. The van der Waals surface area contributed by atoms with Crippen LogP contribution < -0.4 is 0 Å². The molecule has 1 nitrogen and oxygen atoms in total. The third kappa shape index (κ3) is 2.69. The SMILES string of the molecule is O=[PH+]C(c1ccccc1Cl)c1ccccc1Cl. The highest BCUT2D eigenvalue weighted by Gasteiger charge is 2.25. The molecule has 2 aromatic rings. The summed E-state index contributed by atoms with van der Waals surface area (Å²) in [4.78, 5) is 0. The van der Waals surface area contributed by atoms with E-state index in [4.69, 9.17) is 23.2 Å². The van der Waals surface area contributed by atoms with E-state index in [1.165, 1.54) is 0 Å². The van der Waals surface area contributed by atoms with Crippen LogP contribution in [-0.2, 0) is 4.57 Å². The van der Waals surface area contributed by atoms with Crippen molar-refractivity contribution in [2.45, 2.75) is 5.66 Å². The van der Waals surface area contributed by atoms with Gasteiger partial charge in [-0.05, 0) is 12.1 Å². The molecule has 0 saturated carbocycles. The van der Waals surface area contributed by atoms with Gasteiger partial charge in [-0.25, -0.2) is 0 Å². The third-order valence-electron chi connectivity index (χ3n) is 2.55. The first kappa shape index (κ1) is 12.6. The maximum atomic E-state index is 11.4. The van der Waals surface area contributed by atoms with Crippen LogP contribution in [0.15, 0.2) is 48.5 Å². The normalized spacial score (nSPS) is 11.0. The quantitative estimate of drug-likeness (QED) is 0.716. The number of halogens is 2. The van der Waals surface area contributed by atoms with Crippen LogP contribution in [0.5, 0.6) is 0 Å². The van der Waals surface area contributed by atoms with E-state index in [0.717, 1.165) is 11.1 Å². The van der Waals surface area contributed by atoms with E-state index in [1.54, 1.807) is 12.1 Å². The molecule has 0 amide bonds. The van der Waals surface area contributed by atoms with Gasteiger partial charge in [0.25, 0.3) is 0 Å². The van der Waals surface area contributed by atoms with Crippen molar-refractivity contribution in [1.29, 1.82) is 0 Å². The third-order valence-corrected chi connectivity index (χ3v) is 4.10. The summed E-state index contributed by atoms with van der Waals surface area (Å²) in [6, 6.07) is 14.8. The molecule has 0 aliphatic rings. The summed E-state index contributed by atoms with van der Waals surface area (Å²) in [5.41, 5.74) is 1.42. The second-order valence-corrected chi connectivity index (χ2v) is 5.22. The first-order valence-electron chi connectivity index (χ1n) is 5.10. The van der Waals surface area contributed by atoms with Crippen molar-refractivity contribution in [3.63, 3.8) is 0 Å². The fraction of sp³-hybridized carbons (Fsp3) is 0.0769. The van der Waals surface area contributed by atoms with Crippen LogP contribution in [0.25, 0.3) is 0 Å². The predicted octanol–water partition coefficient (Wildman–Crippen LogP) is 5.11. The van der Waals surface area contributed by atoms with Crippen molar-refractivity contribution in [3.05, 3.63) is 69.7 Å². The summed E-state index contributed by atoms with van der Waals surface area (Å²) in [6.45, 7) is 0. The summed E-state index contributed by atoms with van der Waals surface area (Å²) < 4.78 is 11.4. The summed E-state index contributed by atoms with van der Waals surface area (Å²) in [6.07, 6.45) is 0. The minimum atomic E-state index is -0.522. The summed E-state index contributed by atoms with van der Waals surface area (Å²) >= 11 is 12.2. The topological polar surface area (TPSA) is 17.1 Å². The van der Waals surface area contributed by atoms with Crippen LogP contribution in [0.1, 0.15) is 16.8 Å². The molecule has 2 rings (SSSR count). The van der Waals surface area contributed by atoms with Gasteiger partial charge in [-0.15, -0.1) is 0 Å². The molecule has 0 heterocycles. The van der Waals surface area contributed by atoms with E-state index >= 15 is 0 Å². The lowest BCUT2D eigenvalue weighted by Crippen LogP contribution is -1.95. The highest BCUT2D eigenvalue weighted by Crippen LogP contribution is 2.40. The average molecular weight is 284 g/mol. The lowest BCUT2D eigenvalue weighted by atomic mass is 10.0. The second kappa shape index (κ2) is 5.64. The van der Waals surface area contributed by atoms with E-state index in [9.17, 15) is 4.57 Å². The Labute approximate surface area is 112 Å². The van der Waals surface area contributed by atoms with Crippen LogP contribution in [-0.4, -0.2) is 0 Å². The van der Waals surface area contributed by atoms with Crippen molar-refractivity contribution in [3.8, 4) is 0 Å². The summed E-state index contributed by atoms with van der Waals surface area (Å²) in [5, 5.41) is 1.22. The van der Waals surface area contributed by atoms with Crippen LogP contribution in [0, 0.1) is 0 Å². The molecule has 86 valence electrons. The fourth-order valence-corrected chi connectivity index (χ4v) is 3.14. The minimum Gasteiger partial charge on any atom is -0.0838 e. The molecule has 4 heteroatoms. The van der Waals surface area contributed by atoms with Gasteiger partial charge in [0, 0.05) is 21.2 Å². The Hall–Kier alpha value is -0.880. The molecule has 0 N–H and O–H groups in total. The fourth-order valence-electron chi connectivity index (χ4n) is 1.71. The van der Waals surface area contributed by atoms with E-state index in [1.807, 2.05) is 36.4 Å². The minimum absolute atomic E-state index is 0.266. The molecule has 2 aromatic carbocycles. The zero-order valence-corrected chi connectivity index (χ0v) is 11.4. The van der Waals surface area contributed by atoms with Crippen LogP contribution >= 0.6 is 31.7 Å². The Kier molecular flexibility index (Phi) is 4.17. The molecule has 0 aliphatic heterocycles. The average Bonchev–Trinajstić information content (AvgIpc) is 2.34. The largest absolute Gasteiger partial charge is 0.337 e. The summed E-state index contributed by atoms with van der Waals surface area (Å²) in [7, 11) is -0.522. The van der Waals surface area contributed by atoms with Gasteiger partial charge in [0.1, 0.15) is 0 Å². The number of benzene rings is 2. The zero-order valence-electron chi connectivity index (χ0n) is 8.86. The van der Waals surface area contributed by atoms with E-state index in [0.29, 0.717) is 10.0 Å². The molecule has 17 heavy (non-hydrogen) atoms. The van der Waals surface area contributed by atoms with Crippen molar-refractivity contribution >= 4 is 31.7 Å². The first-order chi connectivity index (χ1) is 8.24. The first-order valence-corrected chi connectivity index (χ1v) is 6.84. The molecular weight excluding hydrogens is 274 g/mol. The van der Waals surface area contributed by atoms with Gasteiger partial charge < -0.3 is 0 Å². The second-order valence-electron chi connectivity index (χ2n) is 3.59. The van der Waals surface area contributed by atoms with Crippen LogP contribution in [0.2, 0.25) is 10.0 Å². The van der Waals surface area contributed by atoms with Crippen LogP contribution in [0.4, 0.5) is 0 Å². The highest BCUT2D eigenvalue weighted by atomic mass is 35.5. The number of rotatable bonds is 3. The van der Waals surface area contributed by atoms with Gasteiger partial charge in [0.2, 0.25) is 5.66 Å². The van der Waals surface area contributed by atoms with Gasteiger partial charge >= 0.3 is 8.46 Å². The van der Waals surface area contributed by atoms with Crippen molar-refractivity contribution in [2.75, 3.05) is 0 Å². The molecule has 0 aliphatic carbocycles. The summed E-state index contributed by atoms with van der Waals surface area (Å²) in [5.74, 6) is 0. The van der Waals surface area contributed by atoms with Gasteiger partial charge in [0.15, 0.2) is 0 Å². The maximum absolute atomic E-state index is 11.4. The molecule has 0 spiro atoms. The Morgan fingerprint density at radius 2 is 1.24 bits per heavy atom. The van der Waals surface area contributed by atoms with Gasteiger partial charge in [-0.1, -0.05) is 64.2 Å². The number of hydrogen-bond acceptors (Lipinski definition) is 1. The standard InChI is InChI=1S/C13H9Cl2OP/c14-11-7-3-1-5-9(11)13(17-16)10-6-2-4-8-12(10)15/h1-8,13H/p+1. The van der Waals surface area contributed by atoms with E-state index in [-0.39, 0.29) is 5.66 Å². The van der Waals surface area contributed by atoms with Crippen molar-refractivity contribution < 1.29 is 4.57 Å². The highest BCUT2D eigenvalue weighted by molar-refractivity contribution is 7.24. The van der Waals surface area contributed by atoms with Gasteiger partial charge in [-0.2, -0.15) is 0 Å². The van der Waals surface area contributed by atoms with Crippen molar-refractivity contribution in [2.24, 2.45) is 0 Å². The Morgan fingerprint density at radius 1 is 0.824 bits per heavy atom. The van der Waals surface area contributed by atoms with Crippen molar-refractivity contribution in [1.82, 2.24) is 0 Å².